The van der Waals surface area contributed by atoms with Gasteiger partial charge in [-0.05, 0) is 64.1 Å². The molecule has 1 heterocycles. The standard InChI is InChI=1S/C33H29NO4/c1-33(2)18-25-31(26(35)19-33)29(30-23-12-8-7-9-20(23)13-15-24(30)34-25)22-14-16-27(28(17-22)37-3)38-32(36)21-10-5-4-6-11-21/h4-17,29,34H,18-19H2,1-3H3. The molecule has 2 aliphatic rings. The number of Topliss-reactive ketones (excluding diaryl/α,β-unsaturated/α-hetero) is 1. The lowest BCUT2D eigenvalue weighted by Crippen LogP contribution is -2.33. The Kier molecular flexibility index (Phi) is 5.79. The summed E-state index contributed by atoms with van der Waals surface area (Å²) in [5, 5.41) is 5.84. The maximum absolute atomic E-state index is 13.7. The Morgan fingerprint density at radius 3 is 2.45 bits per heavy atom. The van der Waals surface area contributed by atoms with Gasteiger partial charge >= 0.3 is 5.97 Å². The van der Waals surface area contributed by atoms with E-state index in [0.29, 0.717) is 23.5 Å². The van der Waals surface area contributed by atoms with Gasteiger partial charge in [0.05, 0.1) is 12.7 Å². The van der Waals surface area contributed by atoms with Gasteiger partial charge in [-0.1, -0.05) is 68.4 Å². The number of fused-ring (bicyclic) bond motifs is 3. The van der Waals surface area contributed by atoms with Gasteiger partial charge in [0.1, 0.15) is 0 Å². The van der Waals surface area contributed by atoms with Crippen molar-refractivity contribution in [1.29, 1.82) is 0 Å². The molecule has 4 aromatic rings. The summed E-state index contributed by atoms with van der Waals surface area (Å²) in [6.45, 7) is 4.28. The molecule has 6 rings (SSSR count). The first kappa shape index (κ1) is 24.0. The van der Waals surface area contributed by atoms with E-state index in [9.17, 15) is 9.59 Å². The van der Waals surface area contributed by atoms with E-state index < -0.39 is 5.97 Å². The highest BCUT2D eigenvalue weighted by Gasteiger charge is 2.41. The van der Waals surface area contributed by atoms with Gasteiger partial charge in [-0.3, -0.25) is 4.79 Å². The van der Waals surface area contributed by atoms with Crippen LogP contribution >= 0.6 is 0 Å². The molecular formula is C33H29NO4. The molecule has 1 aliphatic carbocycles. The smallest absolute Gasteiger partial charge is 0.343 e. The molecule has 0 radical (unpaired) electrons. The van der Waals surface area contributed by atoms with Crippen LogP contribution in [0.1, 0.15) is 54.1 Å². The Bertz CT molecular complexity index is 1620. The molecule has 0 fully saturated rings. The topological polar surface area (TPSA) is 64.6 Å². The van der Waals surface area contributed by atoms with Crippen molar-refractivity contribution in [1.82, 2.24) is 0 Å². The van der Waals surface area contributed by atoms with Crippen molar-refractivity contribution in [3.8, 4) is 11.5 Å². The third kappa shape index (κ3) is 4.14. The molecule has 0 amide bonds. The molecule has 1 unspecified atom stereocenters. The fraction of sp³-hybridized carbons (Fsp3) is 0.212. The molecule has 0 saturated heterocycles. The third-order valence-corrected chi connectivity index (χ3v) is 7.49. The number of carbonyl (C=O) groups is 2. The van der Waals surface area contributed by atoms with E-state index in [2.05, 4.69) is 43.4 Å². The van der Waals surface area contributed by atoms with Crippen molar-refractivity contribution >= 4 is 28.2 Å². The molecular weight excluding hydrogens is 474 g/mol. The Labute approximate surface area is 222 Å². The van der Waals surface area contributed by atoms with E-state index in [4.69, 9.17) is 9.47 Å². The van der Waals surface area contributed by atoms with Crippen LogP contribution < -0.4 is 14.8 Å². The van der Waals surface area contributed by atoms with Crippen molar-refractivity contribution in [3.05, 3.63) is 113 Å². The Morgan fingerprint density at radius 1 is 0.895 bits per heavy atom. The largest absolute Gasteiger partial charge is 0.493 e. The molecule has 38 heavy (non-hydrogen) atoms. The summed E-state index contributed by atoms with van der Waals surface area (Å²) in [4.78, 5) is 26.4. The number of anilines is 1. The average Bonchev–Trinajstić information content (AvgIpc) is 2.91. The highest BCUT2D eigenvalue weighted by molar-refractivity contribution is 6.04. The minimum absolute atomic E-state index is 0.116. The summed E-state index contributed by atoms with van der Waals surface area (Å²) in [5.74, 6) is 0.208. The number of nitrogens with one attached hydrogen (secondary N) is 1. The van der Waals surface area contributed by atoms with Crippen LogP contribution in [0.25, 0.3) is 10.8 Å². The number of esters is 1. The predicted molar refractivity (Wildman–Crippen MR) is 149 cm³/mol. The van der Waals surface area contributed by atoms with E-state index in [1.165, 1.54) is 0 Å². The maximum Gasteiger partial charge on any atom is 0.343 e. The zero-order chi connectivity index (χ0) is 26.4. The van der Waals surface area contributed by atoms with Gasteiger partial charge in [0.15, 0.2) is 17.3 Å². The maximum atomic E-state index is 13.7. The van der Waals surface area contributed by atoms with Crippen LogP contribution in [0.4, 0.5) is 5.69 Å². The highest BCUT2D eigenvalue weighted by Crippen LogP contribution is 2.51. The second kappa shape index (κ2) is 9.18. The lowest BCUT2D eigenvalue weighted by molar-refractivity contribution is -0.118. The number of rotatable bonds is 4. The summed E-state index contributed by atoms with van der Waals surface area (Å²) in [5.41, 5.74) is 5.14. The SMILES string of the molecule is COc1cc(C2C3=C(CC(C)(C)CC3=O)Nc3ccc4ccccc4c32)ccc1OC(=O)c1ccccc1. The second-order valence-electron chi connectivity index (χ2n) is 10.8. The minimum Gasteiger partial charge on any atom is -0.493 e. The molecule has 0 spiro atoms. The van der Waals surface area contributed by atoms with Crippen LogP contribution in [-0.2, 0) is 4.79 Å². The highest BCUT2D eigenvalue weighted by atomic mass is 16.6. The van der Waals surface area contributed by atoms with Gasteiger partial charge in [-0.15, -0.1) is 0 Å². The number of benzene rings is 4. The summed E-state index contributed by atoms with van der Waals surface area (Å²) in [6, 6.07) is 26.9. The van der Waals surface area contributed by atoms with Crippen LogP contribution in [0.15, 0.2) is 96.2 Å². The fourth-order valence-corrected chi connectivity index (χ4v) is 5.82. The zero-order valence-corrected chi connectivity index (χ0v) is 21.7. The van der Waals surface area contributed by atoms with Crippen molar-refractivity contribution < 1.29 is 19.1 Å². The molecule has 5 nitrogen and oxygen atoms in total. The van der Waals surface area contributed by atoms with Gasteiger partial charge in [-0.25, -0.2) is 4.79 Å². The van der Waals surface area contributed by atoms with E-state index in [-0.39, 0.29) is 17.1 Å². The number of methoxy groups -OCH3 is 1. The van der Waals surface area contributed by atoms with Crippen LogP contribution in [0.3, 0.4) is 0 Å². The van der Waals surface area contributed by atoms with Gasteiger partial charge in [0.2, 0.25) is 0 Å². The van der Waals surface area contributed by atoms with E-state index in [1.54, 1.807) is 37.4 Å². The van der Waals surface area contributed by atoms with Crippen molar-refractivity contribution in [2.45, 2.75) is 32.6 Å². The summed E-state index contributed by atoms with van der Waals surface area (Å²) < 4.78 is 11.4. The predicted octanol–water partition coefficient (Wildman–Crippen LogP) is 7.27. The average molecular weight is 504 g/mol. The van der Waals surface area contributed by atoms with Gasteiger partial charge in [0.25, 0.3) is 0 Å². The number of hydrogen-bond acceptors (Lipinski definition) is 5. The lowest BCUT2D eigenvalue weighted by Gasteiger charge is -2.40. The normalized spacial score (nSPS) is 17.9. The van der Waals surface area contributed by atoms with Crippen molar-refractivity contribution in [3.63, 3.8) is 0 Å². The molecule has 0 bridgehead atoms. The molecule has 0 aromatic heterocycles. The van der Waals surface area contributed by atoms with Crippen LogP contribution in [-0.4, -0.2) is 18.9 Å². The Hall–Kier alpha value is -4.38. The number of carbonyl (C=O) groups excluding carboxylic acids is 2. The summed E-state index contributed by atoms with van der Waals surface area (Å²) >= 11 is 0. The third-order valence-electron chi connectivity index (χ3n) is 7.49. The quantitative estimate of drug-likeness (QED) is 0.234. The minimum atomic E-state index is -0.454. The molecule has 0 saturated carbocycles. The van der Waals surface area contributed by atoms with Crippen LogP contribution in [0.5, 0.6) is 11.5 Å². The zero-order valence-electron chi connectivity index (χ0n) is 21.7. The molecule has 1 N–H and O–H groups in total. The number of allylic oxidation sites excluding steroid dienone is 2. The summed E-state index contributed by atoms with van der Waals surface area (Å²) in [7, 11) is 1.56. The monoisotopic (exact) mass is 503 g/mol. The molecule has 5 heteroatoms. The van der Waals surface area contributed by atoms with E-state index in [0.717, 1.165) is 45.3 Å². The first-order valence-electron chi connectivity index (χ1n) is 12.8. The summed E-state index contributed by atoms with van der Waals surface area (Å²) in [6.07, 6.45) is 1.29. The van der Waals surface area contributed by atoms with E-state index >= 15 is 0 Å². The van der Waals surface area contributed by atoms with E-state index in [1.807, 2.05) is 30.3 Å². The second-order valence-corrected chi connectivity index (χ2v) is 10.8. The molecule has 1 atom stereocenters. The van der Waals surface area contributed by atoms with Gasteiger partial charge in [-0.2, -0.15) is 0 Å². The number of ether oxygens (including phenoxy) is 2. The van der Waals surface area contributed by atoms with Crippen molar-refractivity contribution in [2.75, 3.05) is 12.4 Å². The first-order chi connectivity index (χ1) is 18.3. The lowest BCUT2D eigenvalue weighted by atomic mass is 9.68. The molecule has 190 valence electrons. The van der Waals surface area contributed by atoms with Gasteiger partial charge in [0, 0.05) is 29.3 Å². The fourth-order valence-electron chi connectivity index (χ4n) is 5.82. The molecule has 4 aromatic carbocycles. The number of hydrogen-bond donors (Lipinski definition) is 1. The Morgan fingerprint density at radius 2 is 1.66 bits per heavy atom. The molecule has 1 aliphatic heterocycles. The van der Waals surface area contributed by atoms with Crippen molar-refractivity contribution in [2.24, 2.45) is 5.41 Å². The van der Waals surface area contributed by atoms with Crippen LogP contribution in [0.2, 0.25) is 0 Å². The Balaban J connectivity index is 1.49. The number of ketones is 1. The van der Waals surface area contributed by atoms with Crippen LogP contribution in [0, 0.1) is 5.41 Å². The first-order valence-corrected chi connectivity index (χ1v) is 12.8. The van der Waals surface area contributed by atoms with Gasteiger partial charge < -0.3 is 14.8 Å².